The van der Waals surface area contributed by atoms with E-state index in [9.17, 15) is 0 Å². The van der Waals surface area contributed by atoms with Gasteiger partial charge in [-0.05, 0) is 11.1 Å². The number of nitrogens with zero attached hydrogens (tertiary/aromatic N) is 1. The van der Waals surface area contributed by atoms with Gasteiger partial charge in [-0.25, -0.2) is 4.99 Å². The van der Waals surface area contributed by atoms with Crippen molar-refractivity contribution in [2.45, 2.75) is 13.1 Å². The predicted octanol–water partition coefficient (Wildman–Crippen LogP) is 1.03. The molecule has 0 aliphatic carbocycles. The van der Waals surface area contributed by atoms with Crippen LogP contribution in [0.1, 0.15) is 11.1 Å². The lowest BCUT2D eigenvalue weighted by atomic mass is 10.1. The first-order valence-corrected chi connectivity index (χ1v) is 3.97. The molecule has 4 heteroatoms. The van der Waals surface area contributed by atoms with Crippen LogP contribution in [0.25, 0.3) is 0 Å². The molecule has 70 valence electrons. The third-order valence-corrected chi connectivity index (χ3v) is 2.00. The van der Waals surface area contributed by atoms with Crippen molar-refractivity contribution < 1.29 is 0 Å². The molecule has 0 unspecified atom stereocenters. The summed E-state index contributed by atoms with van der Waals surface area (Å²) < 4.78 is 0. The summed E-state index contributed by atoms with van der Waals surface area (Å²) in [5.74, 6) is 0.534. The molecule has 0 radical (unpaired) electrons. The highest BCUT2D eigenvalue weighted by molar-refractivity contribution is 5.85. The van der Waals surface area contributed by atoms with Crippen LogP contribution in [0.4, 0.5) is 0 Å². The minimum absolute atomic E-state index is 0. The molecule has 0 saturated carbocycles. The number of halogens is 1. The molecule has 3 N–H and O–H groups in total. The molecular formula is C9H12ClN3. The Morgan fingerprint density at radius 1 is 1.23 bits per heavy atom. The second-order valence-corrected chi connectivity index (χ2v) is 2.82. The molecule has 2 rings (SSSR count). The van der Waals surface area contributed by atoms with Crippen LogP contribution in [0, 0.1) is 0 Å². The molecule has 0 bridgehead atoms. The molecule has 1 heterocycles. The van der Waals surface area contributed by atoms with Crippen molar-refractivity contribution in [1.29, 1.82) is 0 Å². The molecule has 3 nitrogen and oxygen atoms in total. The van der Waals surface area contributed by atoms with Gasteiger partial charge in [0.05, 0.1) is 6.54 Å². The fourth-order valence-corrected chi connectivity index (χ4v) is 1.30. The maximum atomic E-state index is 5.55. The van der Waals surface area contributed by atoms with Gasteiger partial charge in [0.25, 0.3) is 0 Å². The molecule has 1 aliphatic rings. The average Bonchev–Trinajstić information content (AvgIpc) is 2.29. The van der Waals surface area contributed by atoms with Gasteiger partial charge < -0.3 is 11.1 Å². The monoisotopic (exact) mass is 197 g/mol. The lowest BCUT2D eigenvalue weighted by molar-refractivity contribution is 0.911. The van der Waals surface area contributed by atoms with E-state index in [1.807, 2.05) is 12.1 Å². The first-order chi connectivity index (χ1) is 5.86. The highest BCUT2D eigenvalue weighted by Crippen LogP contribution is 2.11. The minimum atomic E-state index is 0. The van der Waals surface area contributed by atoms with Crippen molar-refractivity contribution in [3.05, 3.63) is 35.4 Å². The van der Waals surface area contributed by atoms with Crippen molar-refractivity contribution in [3.63, 3.8) is 0 Å². The SMILES string of the molecule is Cl.NC1=NCc2ccccc2CN1. The Balaban J connectivity index is 0.000000845. The summed E-state index contributed by atoms with van der Waals surface area (Å²) in [5.41, 5.74) is 8.09. The molecule has 0 atom stereocenters. The zero-order chi connectivity index (χ0) is 8.39. The molecule has 0 amide bonds. The second-order valence-electron chi connectivity index (χ2n) is 2.82. The Labute approximate surface area is 83.5 Å². The summed E-state index contributed by atoms with van der Waals surface area (Å²) >= 11 is 0. The molecule has 1 aliphatic heterocycles. The van der Waals surface area contributed by atoms with Gasteiger partial charge in [0.2, 0.25) is 0 Å². The lowest BCUT2D eigenvalue weighted by Gasteiger charge is -2.03. The van der Waals surface area contributed by atoms with Gasteiger partial charge in [-0.15, -0.1) is 12.4 Å². The number of hydrogen-bond donors (Lipinski definition) is 2. The zero-order valence-corrected chi connectivity index (χ0v) is 7.97. The molecule has 0 spiro atoms. The van der Waals surface area contributed by atoms with Crippen LogP contribution in [0.15, 0.2) is 29.3 Å². The number of nitrogens with two attached hydrogens (primary N) is 1. The summed E-state index contributed by atoms with van der Waals surface area (Å²) in [6, 6.07) is 8.23. The van der Waals surface area contributed by atoms with E-state index in [-0.39, 0.29) is 12.4 Å². The van der Waals surface area contributed by atoms with Crippen LogP contribution in [0.5, 0.6) is 0 Å². The van der Waals surface area contributed by atoms with Crippen molar-refractivity contribution >= 4 is 18.4 Å². The van der Waals surface area contributed by atoms with Crippen molar-refractivity contribution in [3.8, 4) is 0 Å². The standard InChI is InChI=1S/C9H11N3.ClH/c10-9-11-5-7-3-1-2-4-8(7)6-12-9;/h1-4H,5-6H2,(H3,10,11,12);1H. The predicted molar refractivity (Wildman–Crippen MR) is 55.9 cm³/mol. The molecule has 1 aromatic carbocycles. The van der Waals surface area contributed by atoms with Crippen molar-refractivity contribution in [1.82, 2.24) is 5.32 Å². The third kappa shape index (κ3) is 2.12. The van der Waals surface area contributed by atoms with Gasteiger partial charge >= 0.3 is 0 Å². The summed E-state index contributed by atoms with van der Waals surface area (Å²) in [6.07, 6.45) is 0. The smallest absolute Gasteiger partial charge is 0.189 e. The average molecular weight is 198 g/mol. The first kappa shape index (κ1) is 9.86. The Kier molecular flexibility index (Phi) is 3.14. The third-order valence-electron chi connectivity index (χ3n) is 2.00. The van der Waals surface area contributed by atoms with Gasteiger partial charge in [0, 0.05) is 6.54 Å². The summed E-state index contributed by atoms with van der Waals surface area (Å²) in [5, 5.41) is 3.03. The Bertz CT molecular complexity index is 322. The Hall–Kier alpha value is -1.22. The topological polar surface area (TPSA) is 50.4 Å². The number of guanidine groups is 1. The number of nitrogens with one attached hydrogen (secondary N) is 1. The van der Waals surface area contributed by atoms with Crippen LogP contribution in [-0.2, 0) is 13.1 Å². The van der Waals surface area contributed by atoms with Gasteiger partial charge in [0.1, 0.15) is 0 Å². The molecule has 13 heavy (non-hydrogen) atoms. The quantitative estimate of drug-likeness (QED) is 0.653. The van der Waals surface area contributed by atoms with Crippen LogP contribution in [0.2, 0.25) is 0 Å². The van der Waals surface area contributed by atoms with E-state index in [2.05, 4.69) is 22.4 Å². The van der Waals surface area contributed by atoms with E-state index in [0.717, 1.165) is 6.54 Å². The van der Waals surface area contributed by atoms with Gasteiger partial charge in [0.15, 0.2) is 5.96 Å². The summed E-state index contributed by atoms with van der Waals surface area (Å²) in [6.45, 7) is 1.47. The van der Waals surface area contributed by atoms with Crippen LogP contribution in [-0.4, -0.2) is 5.96 Å². The molecular weight excluding hydrogens is 186 g/mol. The van der Waals surface area contributed by atoms with E-state index in [4.69, 9.17) is 5.73 Å². The van der Waals surface area contributed by atoms with Gasteiger partial charge in [-0.3, -0.25) is 0 Å². The van der Waals surface area contributed by atoms with Crippen molar-refractivity contribution in [2.24, 2.45) is 10.7 Å². The first-order valence-electron chi connectivity index (χ1n) is 3.97. The fraction of sp³-hybridized carbons (Fsp3) is 0.222. The number of rotatable bonds is 0. The second kappa shape index (κ2) is 4.14. The van der Waals surface area contributed by atoms with Gasteiger partial charge in [-0.1, -0.05) is 24.3 Å². The van der Waals surface area contributed by atoms with Gasteiger partial charge in [-0.2, -0.15) is 0 Å². The largest absolute Gasteiger partial charge is 0.370 e. The maximum Gasteiger partial charge on any atom is 0.189 e. The van der Waals surface area contributed by atoms with E-state index < -0.39 is 0 Å². The number of benzene rings is 1. The Morgan fingerprint density at radius 2 is 1.92 bits per heavy atom. The highest BCUT2D eigenvalue weighted by atomic mass is 35.5. The molecule has 0 aromatic heterocycles. The van der Waals surface area contributed by atoms with E-state index in [1.165, 1.54) is 11.1 Å². The molecule has 1 aromatic rings. The minimum Gasteiger partial charge on any atom is -0.370 e. The van der Waals surface area contributed by atoms with Crippen LogP contribution in [0.3, 0.4) is 0 Å². The highest BCUT2D eigenvalue weighted by Gasteiger charge is 2.04. The molecule has 0 saturated heterocycles. The lowest BCUT2D eigenvalue weighted by Crippen LogP contribution is -2.29. The number of fused-ring (bicyclic) bond motifs is 1. The normalized spacial score (nSPS) is 14.3. The summed E-state index contributed by atoms with van der Waals surface area (Å²) in [4.78, 5) is 4.15. The van der Waals surface area contributed by atoms with E-state index >= 15 is 0 Å². The zero-order valence-electron chi connectivity index (χ0n) is 7.16. The van der Waals surface area contributed by atoms with Crippen LogP contribution >= 0.6 is 12.4 Å². The maximum absolute atomic E-state index is 5.55. The van der Waals surface area contributed by atoms with Crippen molar-refractivity contribution in [2.75, 3.05) is 0 Å². The fourth-order valence-electron chi connectivity index (χ4n) is 1.30. The molecule has 0 fully saturated rings. The van der Waals surface area contributed by atoms with E-state index in [0.29, 0.717) is 12.5 Å². The summed E-state index contributed by atoms with van der Waals surface area (Å²) in [7, 11) is 0. The van der Waals surface area contributed by atoms with E-state index in [1.54, 1.807) is 0 Å². The Morgan fingerprint density at radius 3 is 2.69 bits per heavy atom. The number of hydrogen-bond acceptors (Lipinski definition) is 3. The van der Waals surface area contributed by atoms with Crippen LogP contribution < -0.4 is 11.1 Å². The number of aliphatic imine (C=N–C) groups is 1.